The summed E-state index contributed by atoms with van der Waals surface area (Å²) in [6, 6.07) is 8.82. The van der Waals surface area contributed by atoms with Crippen molar-refractivity contribution in [1.29, 1.82) is 0 Å². The number of carbonyl (C=O) groups is 1. The highest BCUT2D eigenvalue weighted by Gasteiger charge is 2.09. The standard InChI is InChI=1S/C15H9BrClN3O/c16-10-5-9(7-18-8-10)15(21)20-13-3-4-19-14-6-11(17)1-2-12(13)14/h1-8H,(H,19,20,21). The van der Waals surface area contributed by atoms with Crippen molar-refractivity contribution in [2.24, 2.45) is 0 Å². The number of hydrogen-bond acceptors (Lipinski definition) is 3. The van der Waals surface area contributed by atoms with Crippen LogP contribution >= 0.6 is 27.5 Å². The normalized spacial score (nSPS) is 10.6. The number of pyridine rings is 2. The third kappa shape index (κ3) is 3.04. The van der Waals surface area contributed by atoms with Crippen LogP contribution in [0, 0.1) is 0 Å². The van der Waals surface area contributed by atoms with Crippen molar-refractivity contribution >= 4 is 50.0 Å². The second-order valence-corrected chi connectivity index (χ2v) is 5.72. The molecule has 2 heterocycles. The molecule has 1 N–H and O–H groups in total. The van der Waals surface area contributed by atoms with Crippen molar-refractivity contribution in [2.75, 3.05) is 5.32 Å². The summed E-state index contributed by atoms with van der Waals surface area (Å²) in [6.07, 6.45) is 4.77. The fourth-order valence-electron chi connectivity index (χ4n) is 1.96. The molecule has 0 aliphatic rings. The van der Waals surface area contributed by atoms with Crippen LogP contribution in [0.25, 0.3) is 10.9 Å². The number of rotatable bonds is 2. The number of nitrogens with zero attached hydrogens (tertiary/aromatic N) is 2. The van der Waals surface area contributed by atoms with Crippen molar-refractivity contribution in [3.8, 4) is 0 Å². The maximum Gasteiger partial charge on any atom is 0.257 e. The van der Waals surface area contributed by atoms with Crippen LogP contribution in [0.4, 0.5) is 5.69 Å². The summed E-state index contributed by atoms with van der Waals surface area (Å²) >= 11 is 9.25. The molecular formula is C15H9BrClN3O. The molecule has 0 fully saturated rings. The van der Waals surface area contributed by atoms with Crippen LogP contribution in [0.5, 0.6) is 0 Å². The molecule has 0 spiro atoms. The number of fused-ring (bicyclic) bond motifs is 1. The summed E-state index contributed by atoms with van der Waals surface area (Å²) in [5, 5.41) is 4.30. The van der Waals surface area contributed by atoms with Crippen LogP contribution in [-0.4, -0.2) is 15.9 Å². The van der Waals surface area contributed by atoms with Gasteiger partial charge in [-0.1, -0.05) is 11.6 Å². The number of benzene rings is 1. The third-order valence-corrected chi connectivity index (χ3v) is 3.59. The van der Waals surface area contributed by atoms with Crippen LogP contribution in [0.15, 0.2) is 53.4 Å². The van der Waals surface area contributed by atoms with Gasteiger partial charge >= 0.3 is 0 Å². The molecule has 4 nitrogen and oxygen atoms in total. The highest BCUT2D eigenvalue weighted by molar-refractivity contribution is 9.10. The molecular weight excluding hydrogens is 354 g/mol. The minimum Gasteiger partial charge on any atom is -0.321 e. The summed E-state index contributed by atoms with van der Waals surface area (Å²) in [5.74, 6) is -0.230. The number of anilines is 1. The summed E-state index contributed by atoms with van der Waals surface area (Å²) in [6.45, 7) is 0. The zero-order chi connectivity index (χ0) is 14.8. The van der Waals surface area contributed by atoms with E-state index in [2.05, 4.69) is 31.2 Å². The number of hydrogen-bond donors (Lipinski definition) is 1. The Morgan fingerprint density at radius 1 is 1.19 bits per heavy atom. The SMILES string of the molecule is O=C(Nc1ccnc2cc(Cl)ccc12)c1cncc(Br)c1. The van der Waals surface area contributed by atoms with Crippen LogP contribution in [0.1, 0.15) is 10.4 Å². The molecule has 1 aromatic carbocycles. The zero-order valence-electron chi connectivity index (χ0n) is 10.7. The highest BCUT2D eigenvalue weighted by atomic mass is 79.9. The first kappa shape index (κ1) is 14.0. The number of carbonyl (C=O) groups excluding carboxylic acids is 1. The summed E-state index contributed by atoms with van der Waals surface area (Å²) in [4.78, 5) is 20.5. The van der Waals surface area contributed by atoms with Gasteiger partial charge in [-0.3, -0.25) is 14.8 Å². The first-order valence-electron chi connectivity index (χ1n) is 6.10. The molecule has 3 aromatic rings. The van der Waals surface area contributed by atoms with Gasteiger partial charge in [0.1, 0.15) is 0 Å². The predicted molar refractivity (Wildman–Crippen MR) is 86.6 cm³/mol. The van der Waals surface area contributed by atoms with Gasteiger partial charge in [0.2, 0.25) is 0 Å². The van der Waals surface area contributed by atoms with Crippen LogP contribution in [-0.2, 0) is 0 Å². The van der Waals surface area contributed by atoms with E-state index in [4.69, 9.17) is 11.6 Å². The Kier molecular flexibility index (Phi) is 3.86. The molecule has 0 radical (unpaired) electrons. The van der Waals surface area contributed by atoms with Crippen LogP contribution in [0.2, 0.25) is 5.02 Å². The van der Waals surface area contributed by atoms with Gasteiger partial charge in [0.15, 0.2) is 0 Å². The van der Waals surface area contributed by atoms with E-state index >= 15 is 0 Å². The fraction of sp³-hybridized carbons (Fsp3) is 0. The molecule has 0 bridgehead atoms. The molecule has 0 aliphatic carbocycles. The van der Waals surface area contributed by atoms with Gasteiger partial charge in [-0.2, -0.15) is 0 Å². The Hall–Kier alpha value is -1.98. The Morgan fingerprint density at radius 2 is 2.05 bits per heavy atom. The van der Waals surface area contributed by atoms with Gasteiger partial charge in [0.25, 0.3) is 5.91 Å². The molecule has 6 heteroatoms. The minimum absolute atomic E-state index is 0.230. The molecule has 0 saturated carbocycles. The first-order valence-corrected chi connectivity index (χ1v) is 7.27. The zero-order valence-corrected chi connectivity index (χ0v) is 13.0. The molecule has 0 unspecified atom stereocenters. The summed E-state index contributed by atoms with van der Waals surface area (Å²) < 4.78 is 0.751. The average Bonchev–Trinajstić information content (AvgIpc) is 2.47. The number of nitrogens with one attached hydrogen (secondary N) is 1. The van der Waals surface area contributed by atoms with E-state index < -0.39 is 0 Å². The second-order valence-electron chi connectivity index (χ2n) is 4.37. The Bertz CT molecular complexity index is 838. The first-order chi connectivity index (χ1) is 10.1. The van der Waals surface area contributed by atoms with Gasteiger partial charge in [-0.05, 0) is 46.3 Å². The molecule has 0 saturated heterocycles. The lowest BCUT2D eigenvalue weighted by Gasteiger charge is -2.08. The number of amides is 1. The van der Waals surface area contributed by atoms with Gasteiger partial charge in [-0.15, -0.1) is 0 Å². The number of aromatic nitrogens is 2. The van der Waals surface area contributed by atoms with E-state index in [0.717, 1.165) is 15.4 Å². The van der Waals surface area contributed by atoms with Crippen LogP contribution < -0.4 is 5.32 Å². The second kappa shape index (κ2) is 5.79. The topological polar surface area (TPSA) is 54.9 Å². The highest BCUT2D eigenvalue weighted by Crippen LogP contribution is 2.24. The predicted octanol–water partition coefficient (Wildman–Crippen LogP) is 4.30. The van der Waals surface area contributed by atoms with Crippen molar-refractivity contribution in [2.45, 2.75) is 0 Å². The fourth-order valence-corrected chi connectivity index (χ4v) is 2.49. The lowest BCUT2D eigenvalue weighted by atomic mass is 10.2. The molecule has 21 heavy (non-hydrogen) atoms. The van der Waals surface area contributed by atoms with Gasteiger partial charge in [-0.25, -0.2) is 0 Å². The summed E-state index contributed by atoms with van der Waals surface area (Å²) in [7, 11) is 0. The van der Waals surface area contributed by atoms with Crippen molar-refractivity contribution in [3.05, 3.63) is 64.0 Å². The monoisotopic (exact) mass is 361 g/mol. The quantitative estimate of drug-likeness (QED) is 0.739. The molecule has 2 aromatic heterocycles. The minimum atomic E-state index is -0.230. The van der Waals surface area contributed by atoms with Crippen molar-refractivity contribution in [1.82, 2.24) is 9.97 Å². The van der Waals surface area contributed by atoms with Crippen LogP contribution in [0.3, 0.4) is 0 Å². The average molecular weight is 363 g/mol. The Balaban J connectivity index is 1.96. The van der Waals surface area contributed by atoms with Gasteiger partial charge in [0, 0.05) is 33.5 Å². The van der Waals surface area contributed by atoms with E-state index in [1.54, 1.807) is 36.7 Å². The third-order valence-electron chi connectivity index (χ3n) is 2.92. The lowest BCUT2D eigenvalue weighted by molar-refractivity contribution is 0.102. The van der Waals surface area contributed by atoms with Gasteiger partial charge < -0.3 is 5.32 Å². The molecule has 0 atom stereocenters. The molecule has 1 amide bonds. The van der Waals surface area contributed by atoms with Crippen molar-refractivity contribution in [3.63, 3.8) is 0 Å². The van der Waals surface area contributed by atoms with E-state index in [9.17, 15) is 4.79 Å². The maximum absolute atomic E-state index is 12.3. The number of halogens is 2. The van der Waals surface area contributed by atoms with Gasteiger partial charge in [0.05, 0.1) is 16.8 Å². The smallest absolute Gasteiger partial charge is 0.257 e. The van der Waals surface area contributed by atoms with E-state index in [-0.39, 0.29) is 5.91 Å². The van der Waals surface area contributed by atoms with Crippen molar-refractivity contribution < 1.29 is 4.79 Å². The molecule has 3 rings (SSSR count). The molecule has 0 aliphatic heterocycles. The maximum atomic E-state index is 12.3. The lowest BCUT2D eigenvalue weighted by Crippen LogP contribution is -2.12. The Labute approximate surface area is 134 Å². The largest absolute Gasteiger partial charge is 0.321 e. The Morgan fingerprint density at radius 3 is 2.86 bits per heavy atom. The summed E-state index contributed by atoms with van der Waals surface area (Å²) in [5.41, 5.74) is 1.89. The van der Waals surface area contributed by atoms with E-state index in [1.165, 1.54) is 6.20 Å². The van der Waals surface area contributed by atoms with E-state index in [0.29, 0.717) is 16.3 Å². The van der Waals surface area contributed by atoms with E-state index in [1.807, 2.05) is 6.07 Å². The molecule has 104 valence electrons.